The molecule has 2 unspecified atom stereocenters. The maximum Gasteiger partial charge on any atom is 0.0439 e. The van der Waals surface area contributed by atoms with Crippen LogP contribution in [0.5, 0.6) is 0 Å². The van der Waals surface area contributed by atoms with E-state index in [2.05, 4.69) is 24.4 Å². The highest BCUT2D eigenvalue weighted by Crippen LogP contribution is 2.20. The summed E-state index contributed by atoms with van der Waals surface area (Å²) in [5.41, 5.74) is 2.57. The minimum atomic E-state index is -0.642. The van der Waals surface area contributed by atoms with Gasteiger partial charge in [-0.3, -0.25) is 4.21 Å². The fraction of sp³-hybridized carbons (Fsp3) is 0.455. The van der Waals surface area contributed by atoms with E-state index in [1.54, 1.807) is 0 Å². The fourth-order valence-corrected chi connectivity index (χ4v) is 3.03. The second-order valence-corrected chi connectivity index (χ2v) is 5.30. The van der Waals surface area contributed by atoms with Crippen molar-refractivity contribution in [3.05, 3.63) is 35.4 Å². The maximum absolute atomic E-state index is 11.4. The van der Waals surface area contributed by atoms with Crippen molar-refractivity contribution in [1.82, 2.24) is 5.32 Å². The van der Waals surface area contributed by atoms with Crippen molar-refractivity contribution in [1.29, 1.82) is 0 Å². The minimum Gasteiger partial charge on any atom is -0.308 e. The van der Waals surface area contributed by atoms with Crippen molar-refractivity contribution in [3.8, 4) is 0 Å². The van der Waals surface area contributed by atoms with Gasteiger partial charge >= 0.3 is 0 Å². The van der Waals surface area contributed by atoms with E-state index in [0.29, 0.717) is 0 Å². The highest BCUT2D eigenvalue weighted by molar-refractivity contribution is 7.85. The lowest BCUT2D eigenvalue weighted by molar-refractivity contribution is 0.570. The van der Waals surface area contributed by atoms with E-state index in [1.165, 1.54) is 11.1 Å². The van der Waals surface area contributed by atoms with Gasteiger partial charge in [-0.15, -0.1) is 0 Å². The van der Waals surface area contributed by atoms with E-state index < -0.39 is 10.8 Å². The van der Waals surface area contributed by atoms with Crippen molar-refractivity contribution in [2.45, 2.75) is 13.0 Å². The molecule has 1 aliphatic rings. The topological polar surface area (TPSA) is 29.1 Å². The molecule has 0 saturated carbocycles. The number of rotatable bonds is 1. The molecule has 1 aliphatic heterocycles. The standard InChI is InChI=1S/C11H15NOS/c1-9-4-2-3-5-10(9)11-8-14(13)7-6-12-11/h2-5,11-12H,6-8H2,1H3. The van der Waals surface area contributed by atoms with Crippen molar-refractivity contribution < 1.29 is 4.21 Å². The van der Waals surface area contributed by atoms with Crippen LogP contribution in [-0.2, 0) is 10.8 Å². The highest BCUT2D eigenvalue weighted by atomic mass is 32.2. The van der Waals surface area contributed by atoms with E-state index in [1.807, 2.05) is 12.1 Å². The summed E-state index contributed by atoms with van der Waals surface area (Å²) >= 11 is 0. The van der Waals surface area contributed by atoms with Gasteiger partial charge in [0.1, 0.15) is 0 Å². The summed E-state index contributed by atoms with van der Waals surface area (Å²) in [5.74, 6) is 1.55. The summed E-state index contributed by atoms with van der Waals surface area (Å²) in [7, 11) is -0.642. The Kier molecular flexibility index (Phi) is 2.99. The van der Waals surface area contributed by atoms with Crippen LogP contribution < -0.4 is 5.32 Å². The summed E-state index contributed by atoms with van der Waals surface area (Å²) in [4.78, 5) is 0. The molecule has 1 heterocycles. The lowest BCUT2D eigenvalue weighted by Gasteiger charge is -2.24. The molecule has 2 nitrogen and oxygen atoms in total. The zero-order chi connectivity index (χ0) is 9.97. The van der Waals surface area contributed by atoms with Gasteiger partial charge in [0, 0.05) is 34.9 Å². The van der Waals surface area contributed by atoms with Gasteiger partial charge in [0.05, 0.1) is 0 Å². The van der Waals surface area contributed by atoms with Gasteiger partial charge in [-0.05, 0) is 18.1 Å². The van der Waals surface area contributed by atoms with Gasteiger partial charge in [-0.1, -0.05) is 24.3 Å². The first-order chi connectivity index (χ1) is 6.77. The minimum absolute atomic E-state index is 0.283. The van der Waals surface area contributed by atoms with Crippen LogP contribution in [0.25, 0.3) is 0 Å². The number of hydrogen-bond acceptors (Lipinski definition) is 2. The smallest absolute Gasteiger partial charge is 0.0439 e. The van der Waals surface area contributed by atoms with E-state index in [9.17, 15) is 4.21 Å². The third kappa shape index (κ3) is 2.04. The number of benzene rings is 1. The van der Waals surface area contributed by atoms with Gasteiger partial charge in [0.2, 0.25) is 0 Å². The second-order valence-electron chi connectivity index (χ2n) is 3.67. The summed E-state index contributed by atoms with van der Waals surface area (Å²) in [6.45, 7) is 2.97. The second kappa shape index (κ2) is 4.24. The van der Waals surface area contributed by atoms with Crippen LogP contribution in [0, 0.1) is 6.92 Å². The first-order valence-corrected chi connectivity index (χ1v) is 6.40. The predicted molar refractivity (Wildman–Crippen MR) is 59.8 cm³/mol. The monoisotopic (exact) mass is 209 g/mol. The van der Waals surface area contributed by atoms with E-state index in [-0.39, 0.29) is 6.04 Å². The van der Waals surface area contributed by atoms with Crippen LogP contribution in [0.1, 0.15) is 17.2 Å². The first kappa shape index (κ1) is 9.87. The quantitative estimate of drug-likeness (QED) is 0.757. The van der Waals surface area contributed by atoms with E-state index >= 15 is 0 Å². The largest absolute Gasteiger partial charge is 0.308 e. The van der Waals surface area contributed by atoms with Gasteiger partial charge < -0.3 is 5.32 Å². The number of nitrogens with one attached hydrogen (secondary N) is 1. The molecule has 1 saturated heterocycles. The molecular formula is C11H15NOS. The highest BCUT2D eigenvalue weighted by Gasteiger charge is 2.20. The lowest BCUT2D eigenvalue weighted by atomic mass is 10.0. The lowest BCUT2D eigenvalue weighted by Crippen LogP contribution is -2.36. The van der Waals surface area contributed by atoms with Crippen LogP contribution in [0.4, 0.5) is 0 Å². The maximum atomic E-state index is 11.4. The predicted octanol–water partition coefficient (Wildman–Crippen LogP) is 1.39. The molecule has 0 bridgehead atoms. The van der Waals surface area contributed by atoms with Gasteiger partial charge in [0.25, 0.3) is 0 Å². The zero-order valence-corrected chi connectivity index (χ0v) is 9.14. The number of hydrogen-bond donors (Lipinski definition) is 1. The Labute approximate surface area is 87.2 Å². The molecule has 1 N–H and O–H groups in total. The Morgan fingerprint density at radius 2 is 2.21 bits per heavy atom. The molecule has 0 radical (unpaired) electrons. The summed E-state index contributed by atoms with van der Waals surface area (Å²) in [5, 5.41) is 3.41. The Morgan fingerprint density at radius 3 is 2.93 bits per heavy atom. The summed E-state index contributed by atoms with van der Waals surface area (Å²) in [6, 6.07) is 8.59. The van der Waals surface area contributed by atoms with Crippen molar-refractivity contribution in [2.24, 2.45) is 0 Å². The van der Waals surface area contributed by atoms with Gasteiger partial charge in [0.15, 0.2) is 0 Å². The van der Waals surface area contributed by atoms with Gasteiger partial charge in [-0.25, -0.2) is 0 Å². The van der Waals surface area contributed by atoms with Crippen molar-refractivity contribution in [3.63, 3.8) is 0 Å². The number of aryl methyl sites for hydroxylation is 1. The third-order valence-electron chi connectivity index (χ3n) is 2.64. The van der Waals surface area contributed by atoms with Crippen molar-refractivity contribution >= 4 is 10.8 Å². The van der Waals surface area contributed by atoms with Crippen molar-refractivity contribution in [2.75, 3.05) is 18.1 Å². The molecule has 2 atom stereocenters. The van der Waals surface area contributed by atoms with Crippen LogP contribution in [0.2, 0.25) is 0 Å². The fourth-order valence-electron chi connectivity index (χ4n) is 1.85. The molecule has 1 fully saturated rings. The first-order valence-electron chi connectivity index (χ1n) is 4.91. The van der Waals surface area contributed by atoms with Gasteiger partial charge in [-0.2, -0.15) is 0 Å². The van der Waals surface area contributed by atoms with Crippen LogP contribution in [0.15, 0.2) is 24.3 Å². The summed E-state index contributed by atoms with van der Waals surface area (Å²) < 4.78 is 11.4. The molecular weight excluding hydrogens is 194 g/mol. The zero-order valence-electron chi connectivity index (χ0n) is 8.32. The molecule has 76 valence electrons. The molecule has 0 amide bonds. The average Bonchev–Trinajstić information content (AvgIpc) is 2.18. The average molecular weight is 209 g/mol. The molecule has 3 heteroatoms. The third-order valence-corrected chi connectivity index (χ3v) is 4.00. The van der Waals surface area contributed by atoms with Crippen LogP contribution in [-0.4, -0.2) is 22.3 Å². The SMILES string of the molecule is Cc1ccccc1C1CS(=O)CCN1. The molecule has 0 aromatic heterocycles. The molecule has 0 spiro atoms. The molecule has 2 rings (SSSR count). The van der Waals surface area contributed by atoms with Crippen LogP contribution >= 0.6 is 0 Å². The normalized spacial score (nSPS) is 27.5. The molecule has 14 heavy (non-hydrogen) atoms. The van der Waals surface area contributed by atoms with E-state index in [0.717, 1.165) is 18.1 Å². The van der Waals surface area contributed by atoms with Crippen LogP contribution in [0.3, 0.4) is 0 Å². The molecule has 0 aliphatic carbocycles. The summed E-state index contributed by atoms with van der Waals surface area (Å²) in [6.07, 6.45) is 0. The molecule has 1 aromatic carbocycles. The Morgan fingerprint density at radius 1 is 1.43 bits per heavy atom. The Balaban J connectivity index is 2.22. The Bertz CT molecular complexity index is 351. The van der Waals surface area contributed by atoms with E-state index in [4.69, 9.17) is 0 Å². The Hall–Kier alpha value is -0.670. The molecule has 1 aromatic rings.